The minimum atomic E-state index is 0.127. The maximum Gasteiger partial charge on any atom is 0.160 e. The largest absolute Gasteiger partial charge is 0.295 e. The van der Waals surface area contributed by atoms with Crippen LogP contribution in [0.15, 0.2) is 12.1 Å². The van der Waals surface area contributed by atoms with E-state index in [-0.39, 0.29) is 11.2 Å². The van der Waals surface area contributed by atoms with Gasteiger partial charge < -0.3 is 0 Å². The van der Waals surface area contributed by atoms with Crippen LogP contribution < -0.4 is 0 Å². The highest BCUT2D eigenvalue weighted by molar-refractivity contribution is 5.96. The Hall–Kier alpha value is -1.11. The lowest BCUT2D eigenvalue weighted by Gasteiger charge is -2.21. The quantitative estimate of drug-likeness (QED) is 0.654. The summed E-state index contributed by atoms with van der Waals surface area (Å²) in [6.07, 6.45) is 3.41. The number of aryl methyl sites for hydroxylation is 1. The zero-order chi connectivity index (χ0) is 11.9. The van der Waals surface area contributed by atoms with Gasteiger partial charge in [-0.2, -0.15) is 0 Å². The fourth-order valence-electron chi connectivity index (χ4n) is 2.45. The van der Waals surface area contributed by atoms with Crippen LogP contribution in [0.4, 0.5) is 0 Å². The molecule has 0 radical (unpaired) electrons. The van der Waals surface area contributed by atoms with Crippen LogP contribution in [0.5, 0.6) is 0 Å². The molecule has 1 aliphatic carbocycles. The molecule has 0 heterocycles. The third-order valence-electron chi connectivity index (χ3n) is 3.46. The predicted octanol–water partition coefficient (Wildman–Crippen LogP) is 3.68. The van der Waals surface area contributed by atoms with Crippen LogP contribution in [-0.4, -0.2) is 5.78 Å². The molecule has 1 aliphatic rings. The molecule has 16 heavy (non-hydrogen) atoms. The molecule has 0 aromatic heterocycles. The summed E-state index contributed by atoms with van der Waals surface area (Å²) in [6.45, 7) is 8.29. The van der Waals surface area contributed by atoms with Crippen molar-refractivity contribution in [3.05, 3.63) is 34.4 Å². The lowest BCUT2D eigenvalue weighted by atomic mass is 9.83. The maximum absolute atomic E-state index is 11.7. The lowest BCUT2D eigenvalue weighted by Crippen LogP contribution is -2.13. The first kappa shape index (κ1) is 11.4. The normalized spacial score (nSPS) is 15.0. The molecule has 0 atom stereocenters. The molecule has 0 unspecified atom stereocenters. The van der Waals surface area contributed by atoms with E-state index in [1.54, 1.807) is 6.92 Å². The van der Waals surface area contributed by atoms with E-state index in [2.05, 4.69) is 32.9 Å². The van der Waals surface area contributed by atoms with Gasteiger partial charge in [-0.25, -0.2) is 0 Å². The highest BCUT2D eigenvalue weighted by atomic mass is 16.1. The van der Waals surface area contributed by atoms with Gasteiger partial charge >= 0.3 is 0 Å². The van der Waals surface area contributed by atoms with Crippen molar-refractivity contribution in [2.75, 3.05) is 0 Å². The van der Waals surface area contributed by atoms with Crippen LogP contribution in [0.25, 0.3) is 0 Å². The number of hydrogen-bond acceptors (Lipinski definition) is 1. The monoisotopic (exact) mass is 216 g/mol. The Labute approximate surface area is 97.9 Å². The van der Waals surface area contributed by atoms with Crippen LogP contribution in [0, 0.1) is 0 Å². The lowest BCUT2D eigenvalue weighted by molar-refractivity contribution is 0.101. The van der Waals surface area contributed by atoms with Crippen molar-refractivity contribution < 1.29 is 4.79 Å². The SMILES string of the molecule is CC(=O)c1cc(C(C)(C)C)cc2c1CCC2. The first-order valence-corrected chi connectivity index (χ1v) is 6.07. The fourth-order valence-corrected chi connectivity index (χ4v) is 2.45. The van der Waals surface area contributed by atoms with E-state index in [4.69, 9.17) is 0 Å². The van der Waals surface area contributed by atoms with Crippen LogP contribution in [0.1, 0.15) is 61.2 Å². The van der Waals surface area contributed by atoms with E-state index >= 15 is 0 Å². The molecule has 0 N–H and O–H groups in total. The van der Waals surface area contributed by atoms with Gasteiger partial charge in [-0.1, -0.05) is 26.8 Å². The summed E-state index contributed by atoms with van der Waals surface area (Å²) in [5.74, 6) is 0.212. The van der Waals surface area contributed by atoms with Crippen LogP contribution >= 0.6 is 0 Å². The fraction of sp³-hybridized carbons (Fsp3) is 0.533. The van der Waals surface area contributed by atoms with Crippen molar-refractivity contribution in [2.45, 2.75) is 52.4 Å². The summed E-state index contributed by atoms with van der Waals surface area (Å²) in [5, 5.41) is 0. The standard InChI is InChI=1S/C15H20O/c1-10(16)14-9-12(15(2,3)4)8-11-6-5-7-13(11)14/h8-9H,5-7H2,1-4H3. The van der Waals surface area contributed by atoms with Crippen molar-refractivity contribution in [2.24, 2.45) is 0 Å². The van der Waals surface area contributed by atoms with Gasteiger partial charge in [0.1, 0.15) is 0 Å². The highest BCUT2D eigenvalue weighted by Gasteiger charge is 2.22. The van der Waals surface area contributed by atoms with Crippen molar-refractivity contribution in [1.82, 2.24) is 0 Å². The molecule has 0 fully saturated rings. The number of carbonyl (C=O) groups is 1. The third kappa shape index (κ3) is 1.91. The van der Waals surface area contributed by atoms with E-state index in [1.165, 1.54) is 23.1 Å². The van der Waals surface area contributed by atoms with Crippen LogP contribution in [0.2, 0.25) is 0 Å². The Morgan fingerprint density at radius 1 is 1.19 bits per heavy atom. The molecule has 86 valence electrons. The molecule has 1 nitrogen and oxygen atoms in total. The number of carbonyl (C=O) groups excluding carboxylic acids is 1. The summed E-state index contributed by atoms with van der Waals surface area (Å²) in [7, 11) is 0. The molecule has 0 saturated heterocycles. The van der Waals surface area contributed by atoms with Gasteiger partial charge in [0.25, 0.3) is 0 Å². The Kier molecular flexibility index (Phi) is 2.65. The molecule has 0 saturated carbocycles. The molecule has 0 aliphatic heterocycles. The molecule has 1 aromatic carbocycles. The minimum Gasteiger partial charge on any atom is -0.295 e. The molecule has 1 aromatic rings. The first-order chi connectivity index (χ1) is 7.39. The topological polar surface area (TPSA) is 17.1 Å². The van der Waals surface area contributed by atoms with Gasteiger partial charge in [0.15, 0.2) is 5.78 Å². The number of ketones is 1. The predicted molar refractivity (Wildman–Crippen MR) is 67.2 cm³/mol. The van der Waals surface area contributed by atoms with Crippen LogP contribution in [0.3, 0.4) is 0 Å². The smallest absolute Gasteiger partial charge is 0.160 e. The molecule has 0 amide bonds. The Bertz CT molecular complexity index is 435. The zero-order valence-electron chi connectivity index (χ0n) is 10.7. The third-order valence-corrected chi connectivity index (χ3v) is 3.46. The Morgan fingerprint density at radius 2 is 1.88 bits per heavy atom. The number of benzene rings is 1. The maximum atomic E-state index is 11.7. The van der Waals surface area contributed by atoms with E-state index in [9.17, 15) is 4.79 Å². The number of hydrogen-bond donors (Lipinski definition) is 0. The molecule has 0 spiro atoms. The second-order valence-electron chi connectivity index (χ2n) is 5.82. The second kappa shape index (κ2) is 3.73. The summed E-state index contributed by atoms with van der Waals surface area (Å²) in [5.41, 5.74) is 5.08. The van der Waals surface area contributed by atoms with Gasteiger partial charge in [0.05, 0.1) is 0 Å². The van der Waals surface area contributed by atoms with Gasteiger partial charge in [0.2, 0.25) is 0 Å². The van der Waals surface area contributed by atoms with Gasteiger partial charge in [0, 0.05) is 5.56 Å². The van der Waals surface area contributed by atoms with Crippen molar-refractivity contribution >= 4 is 5.78 Å². The van der Waals surface area contributed by atoms with Crippen molar-refractivity contribution in [3.8, 4) is 0 Å². The molecular formula is C15H20O. The average Bonchev–Trinajstić information content (AvgIpc) is 2.61. The van der Waals surface area contributed by atoms with Gasteiger partial charge in [-0.05, 0) is 54.4 Å². The summed E-state index contributed by atoms with van der Waals surface area (Å²) >= 11 is 0. The zero-order valence-corrected chi connectivity index (χ0v) is 10.7. The molecule has 2 rings (SSSR count). The number of fused-ring (bicyclic) bond motifs is 1. The van der Waals surface area contributed by atoms with Crippen molar-refractivity contribution in [1.29, 1.82) is 0 Å². The minimum absolute atomic E-state index is 0.127. The van der Waals surface area contributed by atoms with Gasteiger partial charge in [-0.15, -0.1) is 0 Å². The highest BCUT2D eigenvalue weighted by Crippen LogP contribution is 2.32. The Balaban J connectivity index is 2.61. The first-order valence-electron chi connectivity index (χ1n) is 6.07. The summed E-state index contributed by atoms with van der Waals surface area (Å²) in [4.78, 5) is 11.7. The molecule has 1 heteroatoms. The molecule has 0 bridgehead atoms. The Morgan fingerprint density at radius 3 is 2.44 bits per heavy atom. The van der Waals surface area contributed by atoms with Gasteiger partial charge in [-0.3, -0.25) is 4.79 Å². The second-order valence-corrected chi connectivity index (χ2v) is 5.82. The van der Waals surface area contributed by atoms with E-state index in [1.807, 2.05) is 0 Å². The number of Topliss-reactive ketones (excluding diaryl/α,β-unsaturated/α-hetero) is 1. The average molecular weight is 216 g/mol. The van der Waals surface area contributed by atoms with E-state index in [0.717, 1.165) is 18.4 Å². The molecular weight excluding hydrogens is 196 g/mol. The van der Waals surface area contributed by atoms with Crippen LogP contribution in [-0.2, 0) is 18.3 Å². The van der Waals surface area contributed by atoms with E-state index in [0.29, 0.717) is 0 Å². The van der Waals surface area contributed by atoms with E-state index < -0.39 is 0 Å². The van der Waals surface area contributed by atoms with Crippen molar-refractivity contribution in [3.63, 3.8) is 0 Å². The summed E-state index contributed by atoms with van der Waals surface area (Å²) < 4.78 is 0. The number of rotatable bonds is 1. The summed E-state index contributed by atoms with van der Waals surface area (Å²) in [6, 6.07) is 4.40.